The molecule has 0 radical (unpaired) electrons. The minimum absolute atomic E-state index is 0.776. The smallest absolute Gasteiger partial charge is 0.195 e. The van der Waals surface area contributed by atoms with Gasteiger partial charge < -0.3 is 8.83 Å². The maximum atomic E-state index is 6.76. The SMILES string of the molecule is CCCCS(CCCC)(CCCC)(CCCC)=P(OP)(OCC)SCC. The van der Waals surface area contributed by atoms with E-state index < -0.39 is 14.0 Å². The van der Waals surface area contributed by atoms with Crippen LogP contribution in [0.1, 0.15) is 92.9 Å². The van der Waals surface area contributed by atoms with Crippen LogP contribution in [0, 0.1) is 0 Å². The lowest BCUT2D eigenvalue weighted by molar-refractivity contribution is 0.352. The first-order valence-electron chi connectivity index (χ1n) is 10.9. The van der Waals surface area contributed by atoms with Gasteiger partial charge in [0.25, 0.3) is 0 Å². The van der Waals surface area contributed by atoms with E-state index in [1.807, 2.05) is 11.4 Å². The second-order valence-electron chi connectivity index (χ2n) is 7.36. The molecule has 0 spiro atoms. The van der Waals surface area contributed by atoms with Crippen LogP contribution in [-0.2, 0) is 17.2 Å². The molecule has 0 amide bonds. The van der Waals surface area contributed by atoms with Gasteiger partial charge in [-0.05, 0) is 61.4 Å². The van der Waals surface area contributed by atoms with Crippen LogP contribution in [0.15, 0.2) is 0 Å². The Morgan fingerprint density at radius 2 is 1.12 bits per heavy atom. The van der Waals surface area contributed by atoms with Gasteiger partial charge >= 0.3 is 0 Å². The molecule has 0 bridgehead atoms. The molecule has 0 N–H and O–H groups in total. The summed E-state index contributed by atoms with van der Waals surface area (Å²) in [5.41, 5.74) is -1.98. The standard InChI is InChI=1S/C20H48O2P2S2/c1-7-13-17-26(18-14-8-2,19-15-9-3,20-16-10-4)24(22-23,21-11-5)25-12-6/h7-20,23H2,1-6H3. The summed E-state index contributed by atoms with van der Waals surface area (Å²) in [6.07, 6.45) is 10.4. The average molecular weight is 447 g/mol. The number of rotatable bonds is 17. The highest BCUT2D eigenvalue weighted by atomic mass is 33.0. The van der Waals surface area contributed by atoms with Crippen LogP contribution < -0.4 is 0 Å². The Hall–Kier alpha value is 1.48. The third-order valence-electron chi connectivity index (χ3n) is 5.42. The van der Waals surface area contributed by atoms with Crippen molar-refractivity contribution < 1.29 is 8.83 Å². The van der Waals surface area contributed by atoms with E-state index in [0.29, 0.717) is 0 Å². The van der Waals surface area contributed by atoms with Crippen molar-refractivity contribution >= 4 is 34.9 Å². The molecule has 0 aromatic heterocycles. The molecule has 0 saturated heterocycles. The Bertz CT molecular complexity index is 390. The van der Waals surface area contributed by atoms with Crippen LogP contribution in [0.3, 0.4) is 0 Å². The Balaban J connectivity index is 6.96. The molecule has 0 fully saturated rings. The van der Waals surface area contributed by atoms with E-state index in [9.17, 15) is 0 Å². The summed E-state index contributed by atoms with van der Waals surface area (Å²) in [5, 5.41) is 0. The molecule has 0 heterocycles. The highest BCUT2D eigenvalue weighted by molar-refractivity contribution is 8.81. The molecule has 2 unspecified atom stereocenters. The van der Waals surface area contributed by atoms with Gasteiger partial charge in [-0.3, -0.25) is 0 Å². The Labute approximate surface area is 171 Å². The molecule has 26 heavy (non-hydrogen) atoms. The second-order valence-corrected chi connectivity index (χ2v) is 22.8. The first-order valence-corrected chi connectivity index (χ1v) is 18.0. The van der Waals surface area contributed by atoms with E-state index in [2.05, 4.69) is 51.0 Å². The summed E-state index contributed by atoms with van der Waals surface area (Å²) in [6.45, 7) is 14.6. The quantitative estimate of drug-likeness (QED) is 0.210. The highest BCUT2D eigenvalue weighted by Gasteiger charge is 2.44. The van der Waals surface area contributed by atoms with Gasteiger partial charge in [0.2, 0.25) is 0 Å². The van der Waals surface area contributed by atoms with E-state index in [0.717, 1.165) is 12.4 Å². The van der Waals surface area contributed by atoms with Crippen LogP contribution in [0.4, 0.5) is 0 Å². The van der Waals surface area contributed by atoms with Gasteiger partial charge in [0.05, 0.1) is 6.61 Å². The lowest BCUT2D eigenvalue weighted by Gasteiger charge is -2.57. The van der Waals surface area contributed by atoms with Gasteiger partial charge in [-0.1, -0.05) is 71.7 Å². The number of hydrogen-bond acceptors (Lipinski definition) is 3. The molecule has 0 aromatic rings. The monoisotopic (exact) mass is 446 g/mol. The fourth-order valence-electron chi connectivity index (χ4n) is 3.95. The summed E-state index contributed by atoms with van der Waals surface area (Å²) in [7, 11) is 0.849. The molecule has 0 aromatic carbocycles. The zero-order chi connectivity index (χ0) is 20.0. The van der Waals surface area contributed by atoms with E-state index in [4.69, 9.17) is 8.83 Å². The van der Waals surface area contributed by atoms with Crippen molar-refractivity contribution in [1.29, 1.82) is 0 Å². The fourth-order valence-corrected chi connectivity index (χ4v) is 29.8. The summed E-state index contributed by atoms with van der Waals surface area (Å²) in [5.74, 6) is 6.54. The lowest BCUT2D eigenvalue weighted by atomic mass is 10.4. The molecule has 0 aliphatic carbocycles. The number of unbranched alkanes of at least 4 members (excludes halogenated alkanes) is 4. The topological polar surface area (TPSA) is 18.5 Å². The van der Waals surface area contributed by atoms with Crippen molar-refractivity contribution in [3.8, 4) is 0 Å². The second kappa shape index (κ2) is 14.5. The van der Waals surface area contributed by atoms with Crippen LogP contribution in [-0.4, -0.2) is 35.4 Å². The summed E-state index contributed by atoms with van der Waals surface area (Å²) in [4.78, 5) is 0. The molecule has 2 nitrogen and oxygen atoms in total. The molecular weight excluding hydrogens is 398 g/mol. The van der Waals surface area contributed by atoms with Crippen molar-refractivity contribution in [3.05, 3.63) is 0 Å². The van der Waals surface area contributed by atoms with Crippen LogP contribution >= 0.6 is 26.5 Å². The molecule has 0 saturated carbocycles. The minimum atomic E-state index is -1.98. The molecule has 162 valence electrons. The van der Waals surface area contributed by atoms with Crippen molar-refractivity contribution in [2.24, 2.45) is 0 Å². The summed E-state index contributed by atoms with van der Waals surface area (Å²) in [6, 6.07) is 0. The predicted molar refractivity (Wildman–Crippen MR) is 134 cm³/mol. The Kier molecular flexibility index (Phi) is 15.3. The van der Waals surface area contributed by atoms with Crippen LogP contribution in [0.25, 0.3) is 0 Å². The van der Waals surface area contributed by atoms with Gasteiger partial charge in [0.15, 0.2) is 5.69 Å². The summed E-state index contributed by atoms with van der Waals surface area (Å²) < 4.78 is 13.2. The zero-order valence-electron chi connectivity index (χ0n) is 18.6. The normalized spacial score (nSPS) is 16.2. The highest BCUT2D eigenvalue weighted by Crippen LogP contribution is 2.75. The van der Waals surface area contributed by atoms with Crippen molar-refractivity contribution in [1.82, 2.24) is 0 Å². The first kappa shape index (κ1) is 27.5. The average Bonchev–Trinajstić information content (AvgIpc) is 2.67. The lowest BCUT2D eigenvalue weighted by Crippen LogP contribution is -2.47. The van der Waals surface area contributed by atoms with Crippen molar-refractivity contribution in [2.75, 3.05) is 35.4 Å². The van der Waals surface area contributed by atoms with Gasteiger partial charge in [-0.25, -0.2) is 0 Å². The predicted octanol–water partition coefficient (Wildman–Crippen LogP) is 8.15. The van der Waals surface area contributed by atoms with E-state index in [1.54, 1.807) is 0 Å². The maximum Gasteiger partial charge on any atom is 0.195 e. The molecule has 0 aliphatic rings. The van der Waals surface area contributed by atoms with Gasteiger partial charge in [-0.2, -0.15) is 8.34 Å². The van der Waals surface area contributed by atoms with Gasteiger partial charge in [-0.15, -0.1) is 0 Å². The van der Waals surface area contributed by atoms with Gasteiger partial charge in [0, 0.05) is 9.47 Å². The summed E-state index contributed by atoms with van der Waals surface area (Å²) >= 11 is 2.05. The van der Waals surface area contributed by atoms with Crippen LogP contribution in [0.2, 0.25) is 0 Å². The third kappa shape index (κ3) is 6.50. The Morgan fingerprint density at radius 1 is 0.731 bits per heavy atom. The van der Waals surface area contributed by atoms with Crippen molar-refractivity contribution in [3.63, 3.8) is 0 Å². The molecule has 0 rings (SSSR count). The zero-order valence-corrected chi connectivity index (χ0v) is 22.2. The molecular formula is C20H48O2P2S2. The maximum absolute atomic E-state index is 6.76. The fraction of sp³-hybridized carbons (Fsp3) is 1.00. The van der Waals surface area contributed by atoms with Crippen molar-refractivity contribution in [2.45, 2.75) is 92.9 Å². The number of hydrogen-bond donors (Lipinski definition) is 0. The van der Waals surface area contributed by atoms with E-state index >= 15 is 0 Å². The molecule has 2 atom stereocenters. The van der Waals surface area contributed by atoms with Crippen LogP contribution in [0.5, 0.6) is 0 Å². The Morgan fingerprint density at radius 3 is 1.35 bits per heavy atom. The van der Waals surface area contributed by atoms with E-state index in [-0.39, 0.29) is 0 Å². The third-order valence-corrected chi connectivity index (χ3v) is 28.9. The largest absolute Gasteiger partial charge is 0.326 e. The van der Waals surface area contributed by atoms with Gasteiger partial charge in [0.1, 0.15) is 0 Å². The first-order chi connectivity index (χ1) is 12.5. The minimum Gasteiger partial charge on any atom is -0.326 e. The molecule has 6 heteroatoms. The van der Waals surface area contributed by atoms with E-state index in [1.165, 1.54) is 74.4 Å². The molecule has 0 aliphatic heterocycles.